The molecular formula is C12H19FNO+. The molecule has 0 saturated carbocycles. The summed E-state index contributed by atoms with van der Waals surface area (Å²) in [5, 5.41) is 8.90. The topological polar surface area (TPSA) is 24.7 Å². The molecule has 0 aliphatic carbocycles. The molecule has 1 aromatic carbocycles. The van der Waals surface area contributed by atoms with Gasteiger partial charge in [0.25, 0.3) is 0 Å². The van der Waals surface area contributed by atoms with Gasteiger partial charge >= 0.3 is 0 Å². The lowest BCUT2D eigenvalue weighted by molar-refractivity contribution is -0.914. The van der Waals surface area contributed by atoms with Crippen molar-refractivity contribution in [3.8, 4) is 0 Å². The summed E-state index contributed by atoms with van der Waals surface area (Å²) in [5.74, 6) is -0.196. The highest BCUT2D eigenvalue weighted by molar-refractivity contribution is 5.14. The van der Waals surface area contributed by atoms with E-state index in [1.54, 1.807) is 0 Å². The number of aliphatic hydroxyl groups is 1. The van der Waals surface area contributed by atoms with Crippen LogP contribution in [0.4, 0.5) is 4.39 Å². The molecule has 0 amide bonds. The third kappa shape index (κ3) is 4.40. The van der Waals surface area contributed by atoms with Crippen molar-refractivity contribution in [1.29, 1.82) is 0 Å². The maximum atomic E-state index is 12.7. The van der Waals surface area contributed by atoms with Gasteiger partial charge in [-0.05, 0) is 18.6 Å². The molecule has 0 heterocycles. The number of halogens is 1. The molecule has 84 valence electrons. The van der Waals surface area contributed by atoms with Crippen LogP contribution in [0, 0.1) is 5.82 Å². The highest BCUT2D eigenvalue weighted by Gasteiger charge is 2.07. The quantitative estimate of drug-likeness (QED) is 0.709. The number of benzene rings is 1. The van der Waals surface area contributed by atoms with Gasteiger partial charge in [-0.2, -0.15) is 0 Å². The van der Waals surface area contributed by atoms with E-state index in [4.69, 9.17) is 5.11 Å². The van der Waals surface area contributed by atoms with Gasteiger partial charge in [0.1, 0.15) is 18.9 Å². The maximum Gasteiger partial charge on any atom is 0.123 e. The lowest BCUT2D eigenvalue weighted by atomic mass is 10.2. The summed E-state index contributed by atoms with van der Waals surface area (Å²) in [7, 11) is 0. The summed E-state index contributed by atoms with van der Waals surface area (Å²) in [6, 6.07) is 6.58. The summed E-state index contributed by atoms with van der Waals surface area (Å²) in [4.78, 5) is 1.34. The fourth-order valence-corrected chi connectivity index (χ4v) is 1.70. The minimum atomic E-state index is -0.196. The van der Waals surface area contributed by atoms with Crippen LogP contribution in [0.1, 0.15) is 18.9 Å². The van der Waals surface area contributed by atoms with Crippen LogP contribution in [0.2, 0.25) is 0 Å². The predicted octanol–water partition coefficient (Wildman–Crippen LogP) is 0.613. The predicted molar refractivity (Wildman–Crippen MR) is 58.2 cm³/mol. The molecule has 1 atom stereocenters. The van der Waals surface area contributed by atoms with Gasteiger partial charge in [-0.25, -0.2) is 4.39 Å². The molecule has 3 heteroatoms. The number of rotatable bonds is 6. The Balaban J connectivity index is 2.53. The Morgan fingerprint density at radius 1 is 1.20 bits per heavy atom. The van der Waals surface area contributed by atoms with Crippen LogP contribution < -0.4 is 4.90 Å². The van der Waals surface area contributed by atoms with Crippen LogP contribution in [0.5, 0.6) is 0 Å². The third-order valence-electron chi connectivity index (χ3n) is 2.44. The van der Waals surface area contributed by atoms with E-state index in [0.717, 1.165) is 31.6 Å². The fraction of sp³-hybridized carbons (Fsp3) is 0.500. The zero-order valence-corrected chi connectivity index (χ0v) is 9.17. The Morgan fingerprint density at radius 3 is 2.40 bits per heavy atom. The molecule has 0 fully saturated rings. The molecule has 0 radical (unpaired) electrons. The van der Waals surface area contributed by atoms with Gasteiger partial charge in [0.15, 0.2) is 0 Å². The highest BCUT2D eigenvalue weighted by Crippen LogP contribution is 2.00. The first kappa shape index (κ1) is 12.1. The largest absolute Gasteiger partial charge is 0.391 e. The minimum Gasteiger partial charge on any atom is -0.391 e. The Hall–Kier alpha value is -0.930. The number of quaternary nitrogens is 1. The van der Waals surface area contributed by atoms with Crippen molar-refractivity contribution in [2.45, 2.75) is 19.9 Å². The van der Waals surface area contributed by atoms with Gasteiger partial charge in [-0.15, -0.1) is 0 Å². The number of hydrogen-bond acceptors (Lipinski definition) is 1. The van der Waals surface area contributed by atoms with E-state index in [-0.39, 0.29) is 12.4 Å². The first-order valence-electron chi connectivity index (χ1n) is 5.45. The third-order valence-corrected chi connectivity index (χ3v) is 2.44. The van der Waals surface area contributed by atoms with Gasteiger partial charge in [-0.1, -0.05) is 19.1 Å². The first-order chi connectivity index (χ1) is 7.26. The van der Waals surface area contributed by atoms with Crippen molar-refractivity contribution < 1.29 is 14.4 Å². The van der Waals surface area contributed by atoms with E-state index in [1.165, 1.54) is 17.0 Å². The van der Waals surface area contributed by atoms with Crippen molar-refractivity contribution in [2.75, 3.05) is 19.7 Å². The second-order valence-electron chi connectivity index (χ2n) is 3.78. The van der Waals surface area contributed by atoms with E-state index >= 15 is 0 Å². The van der Waals surface area contributed by atoms with Crippen LogP contribution in [0.3, 0.4) is 0 Å². The minimum absolute atomic E-state index is 0.196. The number of aliphatic hydroxyl groups excluding tert-OH is 1. The Labute approximate surface area is 90.3 Å². The molecular weight excluding hydrogens is 193 g/mol. The summed E-state index contributed by atoms with van der Waals surface area (Å²) in [5.41, 5.74) is 1.12. The Morgan fingerprint density at radius 2 is 1.87 bits per heavy atom. The lowest BCUT2D eigenvalue weighted by Gasteiger charge is -2.17. The molecule has 0 spiro atoms. The number of nitrogens with one attached hydrogen (secondary N) is 1. The van der Waals surface area contributed by atoms with Crippen molar-refractivity contribution in [3.05, 3.63) is 35.6 Å². The fourth-order valence-electron chi connectivity index (χ4n) is 1.70. The zero-order valence-electron chi connectivity index (χ0n) is 9.17. The monoisotopic (exact) mass is 212 g/mol. The van der Waals surface area contributed by atoms with Crippen molar-refractivity contribution in [3.63, 3.8) is 0 Å². The Bertz CT molecular complexity index is 267. The van der Waals surface area contributed by atoms with Gasteiger partial charge in [-0.3, -0.25) is 0 Å². The molecule has 0 aliphatic heterocycles. The molecule has 1 unspecified atom stereocenters. The molecule has 2 N–H and O–H groups in total. The van der Waals surface area contributed by atoms with Crippen molar-refractivity contribution >= 4 is 0 Å². The highest BCUT2D eigenvalue weighted by atomic mass is 19.1. The summed E-state index contributed by atoms with van der Waals surface area (Å²) < 4.78 is 12.7. The second-order valence-corrected chi connectivity index (χ2v) is 3.78. The van der Waals surface area contributed by atoms with Crippen LogP contribution in [-0.2, 0) is 6.54 Å². The first-order valence-corrected chi connectivity index (χ1v) is 5.45. The van der Waals surface area contributed by atoms with Gasteiger partial charge < -0.3 is 10.0 Å². The zero-order chi connectivity index (χ0) is 11.1. The number of hydrogen-bond donors (Lipinski definition) is 2. The second kappa shape index (κ2) is 6.53. The van der Waals surface area contributed by atoms with Crippen LogP contribution >= 0.6 is 0 Å². The molecule has 0 bridgehead atoms. The lowest BCUT2D eigenvalue weighted by Crippen LogP contribution is -3.11. The van der Waals surface area contributed by atoms with E-state index < -0.39 is 0 Å². The standard InChI is InChI=1S/C12H18FNO/c1-2-7-14(8-9-15)10-11-3-5-12(13)6-4-11/h3-6,15H,2,7-10H2,1H3/p+1. The van der Waals surface area contributed by atoms with Gasteiger partial charge in [0.2, 0.25) is 0 Å². The van der Waals surface area contributed by atoms with E-state index in [2.05, 4.69) is 6.92 Å². The van der Waals surface area contributed by atoms with Crippen LogP contribution in [-0.4, -0.2) is 24.8 Å². The average molecular weight is 212 g/mol. The van der Waals surface area contributed by atoms with E-state index in [9.17, 15) is 4.39 Å². The van der Waals surface area contributed by atoms with Gasteiger partial charge in [0, 0.05) is 5.56 Å². The van der Waals surface area contributed by atoms with E-state index in [0.29, 0.717) is 0 Å². The maximum absolute atomic E-state index is 12.7. The molecule has 2 nitrogen and oxygen atoms in total. The average Bonchev–Trinajstić information content (AvgIpc) is 2.22. The summed E-state index contributed by atoms with van der Waals surface area (Å²) in [6.45, 7) is 4.98. The Kier molecular flexibility index (Phi) is 5.29. The van der Waals surface area contributed by atoms with Crippen molar-refractivity contribution in [2.24, 2.45) is 0 Å². The molecule has 0 saturated heterocycles. The van der Waals surface area contributed by atoms with Crippen molar-refractivity contribution in [1.82, 2.24) is 0 Å². The van der Waals surface area contributed by atoms with Crippen LogP contribution in [0.15, 0.2) is 24.3 Å². The van der Waals surface area contributed by atoms with Crippen LogP contribution in [0.25, 0.3) is 0 Å². The molecule has 0 aromatic heterocycles. The summed E-state index contributed by atoms with van der Waals surface area (Å²) in [6.07, 6.45) is 1.09. The summed E-state index contributed by atoms with van der Waals surface area (Å²) >= 11 is 0. The van der Waals surface area contributed by atoms with E-state index in [1.807, 2.05) is 12.1 Å². The SMILES string of the molecule is CCC[NH+](CCO)Cc1ccc(F)cc1. The normalized spacial score (nSPS) is 12.7. The van der Waals surface area contributed by atoms with Gasteiger partial charge in [0.05, 0.1) is 13.2 Å². The molecule has 15 heavy (non-hydrogen) atoms. The smallest absolute Gasteiger partial charge is 0.123 e. The molecule has 1 rings (SSSR count). The molecule has 0 aliphatic rings. The molecule has 1 aromatic rings.